The number of para-hydroxylation sites is 3. The molecule has 0 aliphatic carbocycles. The molecule has 0 amide bonds. The van der Waals surface area contributed by atoms with E-state index in [4.69, 9.17) is 4.74 Å². The van der Waals surface area contributed by atoms with Crippen molar-refractivity contribution in [3.8, 4) is 23.0 Å². The molecule has 0 bridgehead atoms. The Morgan fingerprint density at radius 1 is 0.889 bits per heavy atom. The molecular formula is C13H10O5. The Labute approximate surface area is 103 Å². The third kappa shape index (κ3) is 2.20. The van der Waals surface area contributed by atoms with Gasteiger partial charge < -0.3 is 20.1 Å². The van der Waals surface area contributed by atoms with Crippen LogP contribution in [-0.2, 0) is 0 Å². The van der Waals surface area contributed by atoms with E-state index in [-0.39, 0.29) is 17.1 Å². The smallest absolute Gasteiger partial charge is 0.347 e. The molecular weight excluding hydrogens is 236 g/mol. The molecule has 0 fully saturated rings. The first kappa shape index (κ1) is 11.8. The molecule has 5 nitrogen and oxygen atoms in total. The van der Waals surface area contributed by atoms with Crippen molar-refractivity contribution in [2.24, 2.45) is 0 Å². The number of esters is 1. The molecule has 92 valence electrons. The van der Waals surface area contributed by atoms with Crippen molar-refractivity contribution < 1.29 is 24.9 Å². The summed E-state index contributed by atoms with van der Waals surface area (Å²) in [5.41, 5.74) is -0.182. The van der Waals surface area contributed by atoms with Crippen LogP contribution in [0, 0.1) is 0 Å². The van der Waals surface area contributed by atoms with Crippen LogP contribution in [-0.4, -0.2) is 21.3 Å². The molecule has 2 aromatic carbocycles. The van der Waals surface area contributed by atoms with Gasteiger partial charge in [0.1, 0.15) is 5.56 Å². The van der Waals surface area contributed by atoms with Crippen LogP contribution in [0.3, 0.4) is 0 Å². The van der Waals surface area contributed by atoms with E-state index in [2.05, 4.69) is 0 Å². The quantitative estimate of drug-likeness (QED) is 0.428. The number of rotatable bonds is 2. The van der Waals surface area contributed by atoms with Crippen LogP contribution in [0.25, 0.3) is 0 Å². The molecule has 0 atom stereocenters. The number of hydrogen-bond acceptors (Lipinski definition) is 5. The summed E-state index contributed by atoms with van der Waals surface area (Å²) >= 11 is 0. The minimum atomic E-state index is -0.870. The Balaban J connectivity index is 2.28. The Kier molecular flexibility index (Phi) is 3.05. The lowest BCUT2D eigenvalue weighted by Gasteiger charge is -2.07. The molecule has 5 heteroatoms. The van der Waals surface area contributed by atoms with Crippen LogP contribution < -0.4 is 4.74 Å². The average molecular weight is 246 g/mol. The molecule has 0 heterocycles. The Hall–Kier alpha value is -2.69. The van der Waals surface area contributed by atoms with Gasteiger partial charge in [-0.05, 0) is 24.3 Å². The molecule has 0 aromatic heterocycles. The predicted octanol–water partition coefficient (Wildman–Crippen LogP) is 2.02. The van der Waals surface area contributed by atoms with Crippen molar-refractivity contribution in [2.75, 3.05) is 0 Å². The summed E-state index contributed by atoms with van der Waals surface area (Å²) in [7, 11) is 0. The number of carbonyl (C=O) groups excluding carboxylic acids is 1. The summed E-state index contributed by atoms with van der Waals surface area (Å²) in [6, 6.07) is 9.89. The summed E-state index contributed by atoms with van der Waals surface area (Å²) < 4.78 is 4.91. The molecule has 3 N–H and O–H groups in total. The van der Waals surface area contributed by atoms with E-state index in [1.807, 2.05) is 0 Å². The number of ether oxygens (including phenoxy) is 1. The molecule has 0 aliphatic heterocycles. The van der Waals surface area contributed by atoms with Gasteiger partial charge >= 0.3 is 5.97 Å². The zero-order valence-corrected chi connectivity index (χ0v) is 9.20. The topological polar surface area (TPSA) is 87.0 Å². The van der Waals surface area contributed by atoms with Gasteiger partial charge in [-0.25, -0.2) is 4.79 Å². The first-order chi connectivity index (χ1) is 8.59. The molecule has 0 radical (unpaired) electrons. The lowest BCUT2D eigenvalue weighted by molar-refractivity contribution is 0.0726. The standard InChI is InChI=1S/C13H10O5/c14-9-5-1-2-7-11(9)18-13(17)8-4-3-6-10(15)12(8)16/h1-7,14-16H. The van der Waals surface area contributed by atoms with Crippen molar-refractivity contribution in [1.29, 1.82) is 0 Å². The van der Waals surface area contributed by atoms with Crippen LogP contribution in [0.1, 0.15) is 10.4 Å². The summed E-state index contributed by atoms with van der Waals surface area (Å²) in [5.74, 6) is -2.06. The van der Waals surface area contributed by atoms with Gasteiger partial charge in [0.2, 0.25) is 0 Å². The number of benzene rings is 2. The fraction of sp³-hybridized carbons (Fsp3) is 0. The molecule has 0 saturated carbocycles. The zero-order chi connectivity index (χ0) is 13.1. The minimum absolute atomic E-state index is 0.0229. The molecule has 0 spiro atoms. The van der Waals surface area contributed by atoms with Gasteiger partial charge in [-0.2, -0.15) is 0 Å². The highest BCUT2D eigenvalue weighted by Gasteiger charge is 2.17. The molecule has 0 unspecified atom stereocenters. The van der Waals surface area contributed by atoms with Gasteiger partial charge in [0.15, 0.2) is 23.0 Å². The molecule has 18 heavy (non-hydrogen) atoms. The van der Waals surface area contributed by atoms with E-state index in [0.29, 0.717) is 0 Å². The van der Waals surface area contributed by atoms with Crippen LogP contribution >= 0.6 is 0 Å². The molecule has 2 aromatic rings. The van der Waals surface area contributed by atoms with E-state index in [1.165, 1.54) is 30.3 Å². The largest absolute Gasteiger partial charge is 0.504 e. The first-order valence-electron chi connectivity index (χ1n) is 5.10. The maximum Gasteiger partial charge on any atom is 0.347 e. The fourth-order valence-corrected chi connectivity index (χ4v) is 1.39. The van der Waals surface area contributed by atoms with Crippen molar-refractivity contribution in [1.82, 2.24) is 0 Å². The second-order valence-electron chi connectivity index (χ2n) is 3.53. The van der Waals surface area contributed by atoms with Crippen molar-refractivity contribution >= 4 is 5.97 Å². The molecule has 0 saturated heterocycles. The Morgan fingerprint density at radius 3 is 2.28 bits per heavy atom. The lowest BCUT2D eigenvalue weighted by atomic mass is 10.2. The van der Waals surface area contributed by atoms with Gasteiger partial charge in [0.25, 0.3) is 0 Å². The van der Waals surface area contributed by atoms with E-state index in [1.54, 1.807) is 12.1 Å². The molecule has 2 rings (SSSR count). The number of hydrogen-bond donors (Lipinski definition) is 3. The monoisotopic (exact) mass is 246 g/mol. The predicted molar refractivity (Wildman–Crippen MR) is 62.8 cm³/mol. The van der Waals surface area contributed by atoms with Crippen LogP contribution in [0.4, 0.5) is 0 Å². The van der Waals surface area contributed by atoms with Crippen molar-refractivity contribution in [3.63, 3.8) is 0 Å². The highest BCUT2D eigenvalue weighted by atomic mass is 16.5. The third-order valence-corrected chi connectivity index (χ3v) is 2.30. The maximum atomic E-state index is 11.7. The number of phenols is 3. The summed E-state index contributed by atoms with van der Waals surface area (Å²) in [6.45, 7) is 0. The van der Waals surface area contributed by atoms with Gasteiger partial charge in [-0.1, -0.05) is 18.2 Å². The van der Waals surface area contributed by atoms with Gasteiger partial charge in [0, 0.05) is 0 Å². The highest BCUT2D eigenvalue weighted by molar-refractivity contribution is 5.94. The van der Waals surface area contributed by atoms with Crippen LogP contribution in [0.15, 0.2) is 42.5 Å². The normalized spacial score (nSPS) is 10.0. The van der Waals surface area contributed by atoms with Gasteiger partial charge in [-0.15, -0.1) is 0 Å². The lowest BCUT2D eigenvalue weighted by Crippen LogP contribution is -2.08. The van der Waals surface area contributed by atoms with Crippen molar-refractivity contribution in [3.05, 3.63) is 48.0 Å². The number of aromatic hydroxyl groups is 3. The Bertz CT molecular complexity index is 592. The van der Waals surface area contributed by atoms with Crippen LogP contribution in [0.2, 0.25) is 0 Å². The van der Waals surface area contributed by atoms with Crippen molar-refractivity contribution in [2.45, 2.75) is 0 Å². The van der Waals surface area contributed by atoms with E-state index < -0.39 is 17.5 Å². The second kappa shape index (κ2) is 4.67. The number of phenolic OH excluding ortho intramolecular Hbond substituents is 3. The average Bonchev–Trinajstić information content (AvgIpc) is 2.35. The van der Waals surface area contributed by atoms with E-state index in [0.717, 1.165) is 0 Å². The van der Waals surface area contributed by atoms with E-state index >= 15 is 0 Å². The Morgan fingerprint density at radius 2 is 1.56 bits per heavy atom. The summed E-state index contributed by atoms with van der Waals surface area (Å²) in [4.78, 5) is 11.7. The molecule has 0 aliphatic rings. The third-order valence-electron chi connectivity index (χ3n) is 2.30. The number of carbonyl (C=O) groups is 1. The maximum absolute atomic E-state index is 11.7. The SMILES string of the molecule is O=C(Oc1ccccc1O)c1cccc(O)c1O. The zero-order valence-electron chi connectivity index (χ0n) is 9.20. The summed E-state index contributed by atoms with van der Waals surface area (Å²) in [6.07, 6.45) is 0. The first-order valence-corrected chi connectivity index (χ1v) is 5.10. The van der Waals surface area contributed by atoms with Gasteiger partial charge in [-0.3, -0.25) is 0 Å². The summed E-state index contributed by atoms with van der Waals surface area (Å²) in [5, 5.41) is 28.2. The highest BCUT2D eigenvalue weighted by Crippen LogP contribution is 2.31. The van der Waals surface area contributed by atoms with Crippen LogP contribution in [0.5, 0.6) is 23.0 Å². The fourth-order valence-electron chi connectivity index (χ4n) is 1.39. The van der Waals surface area contributed by atoms with Gasteiger partial charge in [0.05, 0.1) is 0 Å². The van der Waals surface area contributed by atoms with E-state index in [9.17, 15) is 20.1 Å². The minimum Gasteiger partial charge on any atom is -0.504 e. The second-order valence-corrected chi connectivity index (χ2v) is 3.53.